The van der Waals surface area contributed by atoms with Gasteiger partial charge in [-0.2, -0.15) is 0 Å². The van der Waals surface area contributed by atoms with Crippen molar-refractivity contribution >= 4 is 0 Å². The van der Waals surface area contributed by atoms with Crippen LogP contribution in [-0.2, 0) is 6.42 Å². The Hall–Kier alpha value is -0.820. The van der Waals surface area contributed by atoms with Crippen LogP contribution < -0.4 is 5.32 Å². The van der Waals surface area contributed by atoms with Gasteiger partial charge < -0.3 is 5.32 Å². The first-order valence-corrected chi connectivity index (χ1v) is 7.24. The van der Waals surface area contributed by atoms with E-state index in [1.807, 2.05) is 0 Å². The van der Waals surface area contributed by atoms with Gasteiger partial charge in [0.2, 0.25) is 0 Å². The second-order valence-corrected chi connectivity index (χ2v) is 5.70. The van der Waals surface area contributed by atoms with Crippen molar-refractivity contribution in [1.29, 1.82) is 0 Å². The summed E-state index contributed by atoms with van der Waals surface area (Å²) in [6.07, 6.45) is 9.82. The van der Waals surface area contributed by atoms with Crippen molar-refractivity contribution in [2.45, 2.75) is 51.0 Å². The van der Waals surface area contributed by atoms with Gasteiger partial charge in [-0.25, -0.2) is 0 Å². The van der Waals surface area contributed by atoms with Crippen LogP contribution in [0, 0.1) is 5.92 Å². The van der Waals surface area contributed by atoms with E-state index < -0.39 is 0 Å². The van der Waals surface area contributed by atoms with Crippen molar-refractivity contribution in [3.63, 3.8) is 0 Å². The number of fused-ring (bicyclic) bond motifs is 1. The third kappa shape index (κ3) is 2.55. The molecule has 0 spiro atoms. The maximum atomic E-state index is 3.81. The molecule has 2 aliphatic carbocycles. The highest BCUT2D eigenvalue weighted by Crippen LogP contribution is 2.31. The average Bonchev–Trinajstić information content (AvgIpc) is 2.81. The van der Waals surface area contributed by atoms with Crippen LogP contribution in [0.5, 0.6) is 0 Å². The summed E-state index contributed by atoms with van der Waals surface area (Å²) in [6, 6.07) is 9.58. The molecule has 1 aromatic carbocycles. The molecule has 2 aliphatic rings. The zero-order chi connectivity index (χ0) is 11.5. The van der Waals surface area contributed by atoms with E-state index >= 15 is 0 Å². The fourth-order valence-electron chi connectivity index (χ4n) is 3.47. The van der Waals surface area contributed by atoms with E-state index in [1.54, 1.807) is 11.1 Å². The van der Waals surface area contributed by atoms with Crippen molar-refractivity contribution < 1.29 is 0 Å². The first-order valence-electron chi connectivity index (χ1n) is 7.24. The summed E-state index contributed by atoms with van der Waals surface area (Å²) < 4.78 is 0. The van der Waals surface area contributed by atoms with Gasteiger partial charge in [0.05, 0.1) is 0 Å². The highest BCUT2D eigenvalue weighted by atomic mass is 14.9. The minimum Gasteiger partial charge on any atom is -0.310 e. The Kier molecular flexibility index (Phi) is 3.46. The molecule has 1 nitrogen and oxygen atoms in total. The number of benzene rings is 1. The Bertz CT molecular complexity index is 366. The van der Waals surface area contributed by atoms with Crippen LogP contribution in [0.15, 0.2) is 24.3 Å². The van der Waals surface area contributed by atoms with E-state index in [0.717, 1.165) is 5.92 Å². The fraction of sp³-hybridized carbons (Fsp3) is 0.625. The van der Waals surface area contributed by atoms with Crippen molar-refractivity contribution in [2.24, 2.45) is 5.92 Å². The monoisotopic (exact) mass is 229 g/mol. The number of hydrogen-bond donors (Lipinski definition) is 1. The predicted octanol–water partition coefficient (Wildman–Crippen LogP) is 3.84. The van der Waals surface area contributed by atoms with Crippen LogP contribution in [-0.4, -0.2) is 6.54 Å². The molecular weight excluding hydrogens is 206 g/mol. The maximum absolute atomic E-state index is 3.81. The molecule has 1 aromatic rings. The van der Waals surface area contributed by atoms with E-state index in [1.165, 1.54) is 51.5 Å². The Morgan fingerprint density at radius 1 is 1.00 bits per heavy atom. The number of nitrogens with one attached hydrogen (secondary N) is 1. The molecule has 1 unspecified atom stereocenters. The Balaban J connectivity index is 1.56. The van der Waals surface area contributed by atoms with Crippen LogP contribution in [0.4, 0.5) is 0 Å². The molecule has 1 fully saturated rings. The summed E-state index contributed by atoms with van der Waals surface area (Å²) in [7, 11) is 0. The Morgan fingerprint density at radius 2 is 1.82 bits per heavy atom. The molecule has 1 saturated carbocycles. The SMILES string of the molecule is c1ccc2c(c1)CCC2NCC1CCCCC1. The summed E-state index contributed by atoms with van der Waals surface area (Å²) in [5.74, 6) is 0.941. The van der Waals surface area contributed by atoms with Gasteiger partial charge in [0.25, 0.3) is 0 Å². The highest BCUT2D eigenvalue weighted by Gasteiger charge is 2.22. The molecule has 0 bridgehead atoms. The quantitative estimate of drug-likeness (QED) is 0.830. The number of rotatable bonds is 3. The van der Waals surface area contributed by atoms with Crippen LogP contribution in [0.3, 0.4) is 0 Å². The largest absolute Gasteiger partial charge is 0.310 e. The lowest BCUT2D eigenvalue weighted by Gasteiger charge is -2.24. The van der Waals surface area contributed by atoms with Gasteiger partial charge in [0.15, 0.2) is 0 Å². The van der Waals surface area contributed by atoms with Gasteiger partial charge >= 0.3 is 0 Å². The summed E-state index contributed by atoms with van der Waals surface area (Å²) >= 11 is 0. The average molecular weight is 229 g/mol. The molecule has 0 saturated heterocycles. The second kappa shape index (κ2) is 5.22. The third-order valence-corrected chi connectivity index (χ3v) is 4.51. The Labute approximate surface area is 105 Å². The van der Waals surface area contributed by atoms with E-state index in [-0.39, 0.29) is 0 Å². The van der Waals surface area contributed by atoms with Gasteiger partial charge in [-0.05, 0) is 49.3 Å². The first-order chi connectivity index (χ1) is 8.43. The fourth-order valence-corrected chi connectivity index (χ4v) is 3.47. The zero-order valence-electron chi connectivity index (χ0n) is 10.6. The van der Waals surface area contributed by atoms with Gasteiger partial charge in [-0.15, -0.1) is 0 Å². The molecule has 0 aromatic heterocycles. The molecule has 1 heteroatoms. The number of hydrogen-bond acceptors (Lipinski definition) is 1. The van der Waals surface area contributed by atoms with Gasteiger partial charge in [-0.1, -0.05) is 43.5 Å². The molecular formula is C16H23N. The smallest absolute Gasteiger partial charge is 0.0326 e. The molecule has 0 amide bonds. The zero-order valence-corrected chi connectivity index (χ0v) is 10.6. The molecule has 1 N–H and O–H groups in total. The van der Waals surface area contributed by atoms with Gasteiger partial charge in [0.1, 0.15) is 0 Å². The van der Waals surface area contributed by atoms with Crippen LogP contribution in [0.2, 0.25) is 0 Å². The summed E-state index contributed by atoms with van der Waals surface area (Å²) in [4.78, 5) is 0. The minimum absolute atomic E-state index is 0.633. The molecule has 17 heavy (non-hydrogen) atoms. The molecule has 0 aliphatic heterocycles. The van der Waals surface area contributed by atoms with Crippen LogP contribution >= 0.6 is 0 Å². The predicted molar refractivity (Wildman–Crippen MR) is 72.1 cm³/mol. The van der Waals surface area contributed by atoms with E-state index in [0.29, 0.717) is 6.04 Å². The minimum atomic E-state index is 0.633. The lowest BCUT2D eigenvalue weighted by Crippen LogP contribution is -2.27. The second-order valence-electron chi connectivity index (χ2n) is 5.70. The maximum Gasteiger partial charge on any atom is 0.0326 e. The first kappa shape index (κ1) is 11.3. The van der Waals surface area contributed by atoms with Crippen molar-refractivity contribution in [2.75, 3.05) is 6.54 Å². The number of aryl methyl sites for hydroxylation is 1. The van der Waals surface area contributed by atoms with E-state index in [9.17, 15) is 0 Å². The third-order valence-electron chi connectivity index (χ3n) is 4.51. The van der Waals surface area contributed by atoms with E-state index in [4.69, 9.17) is 0 Å². The van der Waals surface area contributed by atoms with Gasteiger partial charge in [-0.3, -0.25) is 0 Å². The molecule has 92 valence electrons. The molecule has 0 radical (unpaired) electrons. The lowest BCUT2D eigenvalue weighted by atomic mass is 9.89. The molecule has 3 rings (SSSR count). The molecule has 1 atom stereocenters. The van der Waals surface area contributed by atoms with Crippen LogP contribution in [0.25, 0.3) is 0 Å². The normalized spacial score (nSPS) is 24.8. The van der Waals surface area contributed by atoms with Crippen molar-refractivity contribution in [1.82, 2.24) is 5.32 Å². The summed E-state index contributed by atoms with van der Waals surface area (Å²) in [5, 5.41) is 3.81. The topological polar surface area (TPSA) is 12.0 Å². The highest BCUT2D eigenvalue weighted by molar-refractivity contribution is 5.34. The van der Waals surface area contributed by atoms with E-state index in [2.05, 4.69) is 29.6 Å². The summed E-state index contributed by atoms with van der Waals surface area (Å²) in [6.45, 7) is 1.24. The Morgan fingerprint density at radius 3 is 2.71 bits per heavy atom. The van der Waals surface area contributed by atoms with Gasteiger partial charge in [0, 0.05) is 6.04 Å². The standard InChI is InChI=1S/C16H23N/c1-2-6-13(7-3-1)12-17-16-11-10-14-8-4-5-9-15(14)16/h4-5,8-9,13,16-17H,1-3,6-7,10-12H2. The molecule has 0 heterocycles. The lowest BCUT2D eigenvalue weighted by molar-refractivity contribution is 0.327. The van der Waals surface area contributed by atoms with Crippen molar-refractivity contribution in [3.05, 3.63) is 35.4 Å². The summed E-state index contributed by atoms with van der Waals surface area (Å²) in [5.41, 5.74) is 3.12. The van der Waals surface area contributed by atoms with Crippen molar-refractivity contribution in [3.8, 4) is 0 Å². The van der Waals surface area contributed by atoms with Crippen LogP contribution in [0.1, 0.15) is 55.7 Å².